The van der Waals surface area contributed by atoms with E-state index in [1.807, 2.05) is 25.1 Å². The van der Waals surface area contributed by atoms with Gasteiger partial charge in [0.05, 0.1) is 31.0 Å². The van der Waals surface area contributed by atoms with Gasteiger partial charge in [0, 0.05) is 49.3 Å². The third kappa shape index (κ3) is 4.31. The fourth-order valence-electron chi connectivity index (χ4n) is 4.77. The minimum absolute atomic E-state index is 0.320. The second-order valence-corrected chi connectivity index (χ2v) is 10.1. The van der Waals surface area contributed by atoms with Gasteiger partial charge in [-0.1, -0.05) is 13.0 Å². The van der Waals surface area contributed by atoms with Crippen LogP contribution in [0.1, 0.15) is 23.9 Å². The number of phenols is 1. The fraction of sp³-hybridized carbons (Fsp3) is 0.360. The number of aromatic hydroxyl groups is 1. The van der Waals surface area contributed by atoms with Crippen LogP contribution in [-0.2, 0) is 24.1 Å². The number of nitrogens with one attached hydrogen (secondary N) is 2. The minimum atomic E-state index is -0.621. The maximum absolute atomic E-state index is 14.1. The van der Waals surface area contributed by atoms with Crippen molar-refractivity contribution in [2.24, 2.45) is 0 Å². The smallest absolute Gasteiger partial charge is 0.165 e. The molecule has 1 fully saturated rings. The Morgan fingerprint density at radius 2 is 2.00 bits per heavy atom. The molecule has 0 bridgehead atoms. The summed E-state index contributed by atoms with van der Waals surface area (Å²) in [6, 6.07) is 8.83. The Morgan fingerprint density at radius 1 is 1.14 bits per heavy atom. The largest absolute Gasteiger partial charge is 0.505 e. The number of phenolic OH excluding ortho intramolecular Hbond substituents is 1. The molecule has 2 aliphatic rings. The van der Waals surface area contributed by atoms with Crippen molar-refractivity contribution in [2.45, 2.75) is 26.3 Å². The van der Waals surface area contributed by atoms with Gasteiger partial charge in [0.25, 0.3) is 0 Å². The van der Waals surface area contributed by atoms with Gasteiger partial charge in [0.2, 0.25) is 0 Å². The number of aromatic amines is 2. The zero-order chi connectivity index (χ0) is 23.9. The molecule has 182 valence electrons. The van der Waals surface area contributed by atoms with E-state index in [4.69, 9.17) is 9.72 Å². The van der Waals surface area contributed by atoms with Gasteiger partial charge in [-0.15, -0.1) is 0 Å². The maximum atomic E-state index is 14.1. The Kier molecular flexibility index (Phi) is 5.97. The quantitative estimate of drug-likeness (QED) is 0.357. The first-order valence-corrected chi connectivity index (χ1v) is 12.7. The van der Waals surface area contributed by atoms with Gasteiger partial charge in [-0.25, -0.2) is 18.0 Å². The highest BCUT2D eigenvalue weighted by molar-refractivity contribution is 7.94. The van der Waals surface area contributed by atoms with Gasteiger partial charge in [0.1, 0.15) is 5.69 Å². The zero-order valence-corrected chi connectivity index (χ0v) is 20.3. The second kappa shape index (κ2) is 9.27. The summed E-state index contributed by atoms with van der Waals surface area (Å²) in [6.07, 6.45) is 1.60. The topological polar surface area (TPSA) is 93.3 Å². The molecule has 0 spiro atoms. The molecule has 6 rings (SSSR count). The van der Waals surface area contributed by atoms with Crippen LogP contribution in [0.5, 0.6) is 5.75 Å². The van der Waals surface area contributed by atoms with Gasteiger partial charge < -0.3 is 14.8 Å². The van der Waals surface area contributed by atoms with Crippen molar-refractivity contribution in [1.29, 1.82) is 0 Å². The molecule has 0 amide bonds. The van der Waals surface area contributed by atoms with E-state index < -0.39 is 5.82 Å². The highest BCUT2D eigenvalue weighted by Gasteiger charge is 2.25. The Balaban J connectivity index is 1.26. The summed E-state index contributed by atoms with van der Waals surface area (Å²) in [4.78, 5) is 8.39. The molecule has 4 heterocycles. The van der Waals surface area contributed by atoms with Crippen molar-refractivity contribution in [3.8, 4) is 28.4 Å². The van der Waals surface area contributed by atoms with Gasteiger partial charge in [-0.2, -0.15) is 5.10 Å². The molecule has 2 aromatic heterocycles. The standard InChI is InChI=1S/C25H27FN6O2S/c1-2-15-12-23(33)19(26)13-18(15)16-3-4-17-21(11-16)29-30-24(17)25-27-20-5-6-32(14-22(20)28-25)35-31-7-9-34-10-8-31/h3-4,11-13,33H,2,5-10,14H2,1H3,(H,27,28)(H,29,30). The summed E-state index contributed by atoms with van der Waals surface area (Å²) in [5.41, 5.74) is 6.39. The van der Waals surface area contributed by atoms with Gasteiger partial charge in [-0.3, -0.25) is 5.10 Å². The van der Waals surface area contributed by atoms with E-state index in [1.165, 1.54) is 17.8 Å². The van der Waals surface area contributed by atoms with E-state index in [0.29, 0.717) is 6.42 Å². The highest BCUT2D eigenvalue weighted by Crippen LogP contribution is 2.34. The molecule has 8 nitrogen and oxygen atoms in total. The summed E-state index contributed by atoms with van der Waals surface area (Å²) in [5, 5.41) is 18.4. The first kappa shape index (κ1) is 22.5. The lowest BCUT2D eigenvalue weighted by molar-refractivity contribution is 0.0756. The number of nitrogens with zero attached hydrogens (tertiary/aromatic N) is 4. The fourth-order valence-corrected chi connectivity index (χ4v) is 5.76. The number of hydrogen-bond donors (Lipinski definition) is 3. The number of H-pyrrole nitrogens is 2. The van der Waals surface area contributed by atoms with Crippen LogP contribution in [-0.4, -0.2) is 66.7 Å². The molecule has 0 atom stereocenters. The summed E-state index contributed by atoms with van der Waals surface area (Å²) in [6.45, 7) is 7.19. The SMILES string of the molecule is CCc1cc(O)c(F)cc1-c1ccc2c(-c3nc4c([nH]3)CCN(SN3CCOCC3)C4)n[nH]c2c1. The molecule has 0 unspecified atom stereocenters. The number of aryl methyl sites for hydroxylation is 1. The van der Waals surface area contributed by atoms with Crippen LogP contribution in [0, 0.1) is 5.82 Å². The monoisotopic (exact) mass is 494 g/mol. The van der Waals surface area contributed by atoms with Crippen LogP contribution in [0.25, 0.3) is 33.5 Å². The lowest BCUT2D eigenvalue weighted by atomic mass is 9.96. The Morgan fingerprint density at radius 3 is 2.83 bits per heavy atom. The predicted octanol–water partition coefficient (Wildman–Crippen LogP) is 4.28. The van der Waals surface area contributed by atoms with Crippen LogP contribution in [0.15, 0.2) is 30.3 Å². The van der Waals surface area contributed by atoms with E-state index >= 15 is 0 Å². The molecule has 0 radical (unpaired) electrons. The van der Waals surface area contributed by atoms with Crippen LogP contribution in [0.2, 0.25) is 0 Å². The lowest BCUT2D eigenvalue weighted by Crippen LogP contribution is -2.36. The number of halogens is 1. The van der Waals surface area contributed by atoms with Crippen molar-refractivity contribution in [1.82, 2.24) is 28.8 Å². The zero-order valence-electron chi connectivity index (χ0n) is 19.5. The van der Waals surface area contributed by atoms with Crippen LogP contribution in [0.4, 0.5) is 4.39 Å². The number of rotatable bonds is 5. The van der Waals surface area contributed by atoms with Gasteiger partial charge in [0.15, 0.2) is 17.4 Å². The molecule has 10 heteroatoms. The summed E-state index contributed by atoms with van der Waals surface area (Å²) in [7, 11) is 0. The molecule has 4 aromatic rings. The molecule has 1 saturated heterocycles. The summed E-state index contributed by atoms with van der Waals surface area (Å²) >= 11 is 1.79. The number of fused-ring (bicyclic) bond motifs is 2. The average Bonchev–Trinajstić information content (AvgIpc) is 3.49. The van der Waals surface area contributed by atoms with E-state index in [9.17, 15) is 9.50 Å². The molecule has 0 aliphatic carbocycles. The molecular formula is C25H27FN6O2S. The number of benzene rings is 2. The first-order chi connectivity index (χ1) is 17.1. The Hall–Kier alpha value is -2.92. The third-order valence-corrected chi connectivity index (χ3v) is 7.79. The number of imidazole rings is 1. The van der Waals surface area contributed by atoms with E-state index in [0.717, 1.165) is 90.6 Å². The number of ether oxygens (including phenoxy) is 1. The van der Waals surface area contributed by atoms with E-state index in [-0.39, 0.29) is 5.75 Å². The molecule has 0 saturated carbocycles. The Labute approximate surface area is 206 Å². The molecular weight excluding hydrogens is 467 g/mol. The third-order valence-electron chi connectivity index (χ3n) is 6.65. The van der Waals surface area contributed by atoms with E-state index in [1.54, 1.807) is 12.1 Å². The number of hydrogen-bond acceptors (Lipinski definition) is 7. The molecule has 35 heavy (non-hydrogen) atoms. The van der Waals surface area contributed by atoms with Gasteiger partial charge in [-0.05, 0) is 47.4 Å². The normalized spacial score (nSPS) is 17.2. The number of morpholine rings is 1. The van der Waals surface area contributed by atoms with Crippen molar-refractivity contribution >= 4 is 23.0 Å². The van der Waals surface area contributed by atoms with Crippen molar-refractivity contribution < 1.29 is 14.2 Å². The van der Waals surface area contributed by atoms with E-state index in [2.05, 4.69) is 23.8 Å². The van der Waals surface area contributed by atoms with Crippen LogP contribution < -0.4 is 0 Å². The first-order valence-electron chi connectivity index (χ1n) is 11.9. The van der Waals surface area contributed by atoms with Crippen molar-refractivity contribution in [3.05, 3.63) is 53.1 Å². The highest BCUT2D eigenvalue weighted by atomic mass is 32.2. The van der Waals surface area contributed by atoms with Crippen LogP contribution >= 0.6 is 12.1 Å². The molecule has 2 aliphatic heterocycles. The molecule has 3 N–H and O–H groups in total. The summed E-state index contributed by atoms with van der Waals surface area (Å²) < 4.78 is 24.3. The number of aromatic nitrogens is 4. The summed E-state index contributed by atoms with van der Waals surface area (Å²) in [5.74, 6) is -0.180. The average molecular weight is 495 g/mol. The van der Waals surface area contributed by atoms with Gasteiger partial charge >= 0.3 is 0 Å². The predicted molar refractivity (Wildman–Crippen MR) is 134 cm³/mol. The minimum Gasteiger partial charge on any atom is -0.505 e. The Bertz CT molecular complexity index is 1380. The van der Waals surface area contributed by atoms with Crippen molar-refractivity contribution in [3.63, 3.8) is 0 Å². The second-order valence-electron chi connectivity index (χ2n) is 8.89. The lowest BCUT2D eigenvalue weighted by Gasteiger charge is -2.32. The van der Waals surface area contributed by atoms with Crippen molar-refractivity contribution in [2.75, 3.05) is 32.8 Å². The maximum Gasteiger partial charge on any atom is 0.165 e. The van der Waals surface area contributed by atoms with Crippen LogP contribution in [0.3, 0.4) is 0 Å². The molecule has 2 aromatic carbocycles.